The standard InChI is InChI=1S/C23H22ClF3N8/c24-17-8-12(9-28-31-17)33-10-14-20(13-4-5-23(13,14)11-33)29-21-30-22-34(6-1-7-35(22)32-21)16-3-2-15(25)18(26)19(16)27/h2-3,8-9,13-14,20H,1,4-7,10-11H2,(H,29,32)/t13?,14-,20+,23?/m0/s1. The van der Waals surface area contributed by atoms with E-state index in [9.17, 15) is 13.2 Å². The summed E-state index contributed by atoms with van der Waals surface area (Å²) in [7, 11) is 0. The number of nitrogens with one attached hydrogen (secondary N) is 1. The maximum atomic E-state index is 14.5. The lowest BCUT2D eigenvalue weighted by molar-refractivity contribution is -0.117. The summed E-state index contributed by atoms with van der Waals surface area (Å²) in [5.41, 5.74) is 1.23. The molecule has 4 atom stereocenters. The van der Waals surface area contributed by atoms with E-state index in [1.807, 2.05) is 6.07 Å². The summed E-state index contributed by atoms with van der Waals surface area (Å²) in [6.45, 7) is 2.92. The van der Waals surface area contributed by atoms with Crippen LogP contribution in [0.2, 0.25) is 5.15 Å². The van der Waals surface area contributed by atoms with Gasteiger partial charge in [0.05, 0.1) is 17.6 Å². The van der Waals surface area contributed by atoms with Crippen molar-refractivity contribution in [2.24, 2.45) is 17.3 Å². The number of nitrogens with zero attached hydrogens (tertiary/aromatic N) is 7. The van der Waals surface area contributed by atoms with Crippen LogP contribution >= 0.6 is 11.6 Å². The van der Waals surface area contributed by atoms with Crippen molar-refractivity contribution in [2.75, 3.05) is 34.8 Å². The van der Waals surface area contributed by atoms with Crippen molar-refractivity contribution < 1.29 is 13.2 Å². The van der Waals surface area contributed by atoms with Crippen molar-refractivity contribution in [1.29, 1.82) is 0 Å². The Hall–Kier alpha value is -3.08. The maximum Gasteiger partial charge on any atom is 0.244 e. The second-order valence-corrected chi connectivity index (χ2v) is 10.3. The fraction of sp³-hybridized carbons (Fsp3) is 0.478. The van der Waals surface area contributed by atoms with E-state index in [0.717, 1.165) is 31.3 Å². The van der Waals surface area contributed by atoms with Gasteiger partial charge < -0.3 is 15.1 Å². The Morgan fingerprint density at radius 1 is 1.11 bits per heavy atom. The molecule has 0 radical (unpaired) electrons. The molecule has 1 spiro atoms. The summed E-state index contributed by atoms with van der Waals surface area (Å²) in [4.78, 5) is 8.53. The molecule has 8 nitrogen and oxygen atoms in total. The number of halogens is 4. The van der Waals surface area contributed by atoms with Crippen molar-refractivity contribution in [3.8, 4) is 0 Å². The van der Waals surface area contributed by atoms with E-state index in [-0.39, 0.29) is 17.1 Å². The van der Waals surface area contributed by atoms with Crippen LogP contribution in [0.4, 0.5) is 36.4 Å². The third kappa shape index (κ3) is 3.00. The molecular formula is C23H22ClF3N8. The quantitative estimate of drug-likeness (QED) is 0.540. The van der Waals surface area contributed by atoms with E-state index in [1.54, 1.807) is 15.8 Å². The highest BCUT2D eigenvalue weighted by atomic mass is 35.5. The molecule has 3 aromatic rings. The first-order chi connectivity index (χ1) is 16.9. The summed E-state index contributed by atoms with van der Waals surface area (Å²) in [6.07, 6.45) is 4.78. The van der Waals surface area contributed by atoms with Gasteiger partial charge in [0.1, 0.15) is 0 Å². The van der Waals surface area contributed by atoms with E-state index < -0.39 is 17.5 Å². The van der Waals surface area contributed by atoms with E-state index in [0.29, 0.717) is 48.4 Å². The fourth-order valence-corrected chi connectivity index (χ4v) is 6.85. The highest BCUT2D eigenvalue weighted by Crippen LogP contribution is 2.68. The summed E-state index contributed by atoms with van der Waals surface area (Å²) >= 11 is 6.06. The minimum absolute atomic E-state index is 0.0403. The maximum absolute atomic E-state index is 14.5. The van der Waals surface area contributed by atoms with Crippen LogP contribution in [-0.4, -0.2) is 50.6 Å². The lowest BCUT2D eigenvalue weighted by atomic mass is 9.41. The molecule has 12 heteroatoms. The molecule has 4 aliphatic rings. The molecule has 1 N–H and O–H groups in total. The first kappa shape index (κ1) is 21.2. The van der Waals surface area contributed by atoms with Crippen LogP contribution in [0.3, 0.4) is 0 Å². The molecule has 3 fully saturated rings. The van der Waals surface area contributed by atoms with Crippen molar-refractivity contribution in [3.63, 3.8) is 0 Å². The zero-order valence-corrected chi connectivity index (χ0v) is 19.4. The second kappa shape index (κ2) is 7.46. The first-order valence-electron chi connectivity index (χ1n) is 11.8. The highest BCUT2D eigenvalue weighted by molar-refractivity contribution is 6.29. The SMILES string of the molecule is Fc1ccc(N2CCCn3nc(N[C@@H]4C5CCC56CN(c5cnnc(Cl)c5)C[C@@H]46)nc32)c(F)c1F. The Balaban J connectivity index is 1.13. The zero-order valence-electron chi connectivity index (χ0n) is 18.6. The summed E-state index contributed by atoms with van der Waals surface area (Å²) in [6, 6.07) is 4.26. The van der Waals surface area contributed by atoms with Gasteiger partial charge in [-0.2, -0.15) is 10.1 Å². The summed E-state index contributed by atoms with van der Waals surface area (Å²) in [5, 5.41) is 16.4. The molecule has 7 rings (SSSR count). The van der Waals surface area contributed by atoms with Gasteiger partial charge in [0.2, 0.25) is 11.9 Å². The average Bonchev–Trinajstić information content (AvgIpc) is 3.43. The molecule has 2 saturated carbocycles. The van der Waals surface area contributed by atoms with Crippen molar-refractivity contribution in [2.45, 2.75) is 31.8 Å². The first-order valence-corrected chi connectivity index (χ1v) is 12.2. The van der Waals surface area contributed by atoms with Crippen molar-refractivity contribution >= 4 is 34.9 Å². The molecule has 2 aliphatic carbocycles. The molecule has 4 heterocycles. The van der Waals surface area contributed by atoms with Gasteiger partial charge in [0.15, 0.2) is 22.6 Å². The molecule has 1 saturated heterocycles. The van der Waals surface area contributed by atoms with Crippen LogP contribution in [0.5, 0.6) is 0 Å². The lowest BCUT2D eigenvalue weighted by Gasteiger charge is -2.65. The largest absolute Gasteiger partial charge is 0.369 e. The molecule has 0 amide bonds. The predicted octanol–water partition coefficient (Wildman–Crippen LogP) is 4.01. The minimum Gasteiger partial charge on any atom is -0.369 e. The number of rotatable bonds is 4. The summed E-state index contributed by atoms with van der Waals surface area (Å²) in [5.74, 6) is -2.04. The van der Waals surface area contributed by atoms with E-state index >= 15 is 0 Å². The third-order valence-electron chi connectivity index (χ3n) is 8.39. The normalized spacial score (nSPS) is 28.6. The fourth-order valence-electron chi connectivity index (χ4n) is 6.69. The smallest absolute Gasteiger partial charge is 0.244 e. The van der Waals surface area contributed by atoms with Gasteiger partial charge in [-0.25, -0.2) is 17.9 Å². The number of hydrogen-bond acceptors (Lipinski definition) is 7. The molecule has 0 bridgehead atoms. The highest BCUT2D eigenvalue weighted by Gasteiger charge is 2.70. The van der Waals surface area contributed by atoms with Gasteiger partial charge in [0, 0.05) is 44.2 Å². The third-order valence-corrected chi connectivity index (χ3v) is 8.57. The second-order valence-electron chi connectivity index (χ2n) is 9.93. The van der Waals surface area contributed by atoms with Gasteiger partial charge in [-0.1, -0.05) is 11.6 Å². The molecule has 1 aromatic carbocycles. The molecule has 182 valence electrons. The van der Waals surface area contributed by atoms with Crippen molar-refractivity contribution in [1.82, 2.24) is 25.0 Å². The monoisotopic (exact) mass is 502 g/mol. The number of anilines is 4. The molecule has 2 aliphatic heterocycles. The van der Waals surface area contributed by atoms with Gasteiger partial charge in [-0.05, 0) is 42.7 Å². The molecule has 2 aromatic heterocycles. The molecule has 2 unspecified atom stereocenters. The van der Waals surface area contributed by atoms with E-state index in [4.69, 9.17) is 11.6 Å². The topological polar surface area (TPSA) is 75.0 Å². The Morgan fingerprint density at radius 3 is 2.80 bits per heavy atom. The number of aryl methyl sites for hydroxylation is 1. The Labute approximate surface area is 204 Å². The van der Waals surface area contributed by atoms with Crippen LogP contribution in [0, 0.1) is 34.7 Å². The van der Waals surface area contributed by atoms with Crippen LogP contribution in [0.15, 0.2) is 24.4 Å². The van der Waals surface area contributed by atoms with Crippen LogP contribution < -0.4 is 15.1 Å². The zero-order chi connectivity index (χ0) is 23.9. The Kier molecular flexibility index (Phi) is 4.52. The Morgan fingerprint density at radius 2 is 2.00 bits per heavy atom. The number of fused-ring (bicyclic) bond motifs is 1. The minimum atomic E-state index is -1.48. The van der Waals surface area contributed by atoms with Crippen LogP contribution in [0.1, 0.15) is 19.3 Å². The Bertz CT molecular complexity index is 1330. The molecule has 35 heavy (non-hydrogen) atoms. The number of aromatic nitrogens is 5. The van der Waals surface area contributed by atoms with Crippen LogP contribution in [0.25, 0.3) is 0 Å². The van der Waals surface area contributed by atoms with Gasteiger partial charge in [-0.3, -0.25) is 0 Å². The lowest BCUT2D eigenvalue weighted by Crippen LogP contribution is -2.68. The number of benzene rings is 1. The average molecular weight is 503 g/mol. The van der Waals surface area contributed by atoms with Crippen LogP contribution in [-0.2, 0) is 6.54 Å². The van der Waals surface area contributed by atoms with Crippen molar-refractivity contribution in [3.05, 3.63) is 47.0 Å². The number of hydrogen-bond donors (Lipinski definition) is 1. The van der Waals surface area contributed by atoms with Gasteiger partial charge >= 0.3 is 0 Å². The molecular weight excluding hydrogens is 481 g/mol. The van der Waals surface area contributed by atoms with Gasteiger partial charge in [0.25, 0.3) is 0 Å². The van der Waals surface area contributed by atoms with E-state index in [2.05, 4.69) is 30.5 Å². The van der Waals surface area contributed by atoms with Gasteiger partial charge in [-0.15, -0.1) is 10.2 Å². The van der Waals surface area contributed by atoms with E-state index in [1.165, 1.54) is 12.5 Å². The summed E-state index contributed by atoms with van der Waals surface area (Å²) < 4.78 is 43.6. The predicted molar refractivity (Wildman–Crippen MR) is 123 cm³/mol.